The maximum Gasteiger partial charge on any atom is 0.307 e. The monoisotopic (exact) mass is 228 g/mol. The Bertz CT molecular complexity index is 325. The fourth-order valence-corrected chi connectivity index (χ4v) is 2.12. The molecule has 1 aromatic heterocycles. The molecule has 84 valence electrons. The Balaban J connectivity index is 2.17. The van der Waals surface area contributed by atoms with Crippen molar-refractivity contribution in [3.8, 4) is 0 Å². The smallest absolute Gasteiger partial charge is 0.307 e. The molecule has 1 rings (SSSR count). The summed E-state index contributed by atoms with van der Waals surface area (Å²) < 4.78 is 2.07. The van der Waals surface area contributed by atoms with Gasteiger partial charge in [-0.25, -0.2) is 4.98 Å². The summed E-state index contributed by atoms with van der Waals surface area (Å²) in [7, 11) is 0. The second kappa shape index (κ2) is 5.80. The number of aromatic nitrogens is 2. The van der Waals surface area contributed by atoms with Gasteiger partial charge in [0.25, 0.3) is 0 Å². The third-order valence-electron chi connectivity index (χ3n) is 2.19. The number of carboxylic acid groups (broad SMARTS) is 1. The number of rotatable bonds is 6. The summed E-state index contributed by atoms with van der Waals surface area (Å²) in [6.07, 6.45) is 3.72. The van der Waals surface area contributed by atoms with E-state index < -0.39 is 5.97 Å². The van der Waals surface area contributed by atoms with Crippen LogP contribution in [0.2, 0.25) is 0 Å². The molecule has 0 saturated carbocycles. The van der Waals surface area contributed by atoms with E-state index in [0.717, 1.165) is 18.1 Å². The highest BCUT2D eigenvalue weighted by Gasteiger charge is 2.09. The van der Waals surface area contributed by atoms with E-state index in [1.54, 1.807) is 24.9 Å². The Kier molecular flexibility index (Phi) is 4.68. The first kappa shape index (κ1) is 12.1. The van der Waals surface area contributed by atoms with Crippen LogP contribution >= 0.6 is 11.8 Å². The molecule has 0 aliphatic heterocycles. The maximum atomic E-state index is 10.5. The number of nitrogens with zero attached hydrogens (tertiary/aromatic N) is 2. The minimum Gasteiger partial charge on any atom is -0.481 e. The van der Waals surface area contributed by atoms with Crippen molar-refractivity contribution in [2.24, 2.45) is 5.92 Å². The highest BCUT2D eigenvalue weighted by atomic mass is 32.2. The van der Waals surface area contributed by atoms with Crippen molar-refractivity contribution in [3.05, 3.63) is 18.2 Å². The molecule has 1 aromatic rings. The van der Waals surface area contributed by atoms with E-state index in [4.69, 9.17) is 5.11 Å². The summed E-state index contributed by atoms with van der Waals surface area (Å²) >= 11 is 1.67. The Morgan fingerprint density at radius 1 is 1.73 bits per heavy atom. The molecule has 1 N–H and O–H groups in total. The minimum atomic E-state index is -0.721. The van der Waals surface area contributed by atoms with Crippen molar-refractivity contribution >= 4 is 17.7 Å². The zero-order valence-electron chi connectivity index (χ0n) is 9.01. The van der Waals surface area contributed by atoms with Gasteiger partial charge >= 0.3 is 5.97 Å². The lowest BCUT2D eigenvalue weighted by Crippen LogP contribution is -2.12. The Morgan fingerprint density at radius 2 is 2.47 bits per heavy atom. The second-order valence-corrected chi connectivity index (χ2v) is 4.63. The van der Waals surface area contributed by atoms with E-state index in [2.05, 4.69) is 9.55 Å². The minimum absolute atomic E-state index is 0.265. The van der Waals surface area contributed by atoms with Crippen LogP contribution in [0, 0.1) is 12.8 Å². The van der Waals surface area contributed by atoms with Crippen molar-refractivity contribution in [1.82, 2.24) is 9.55 Å². The van der Waals surface area contributed by atoms with Gasteiger partial charge in [-0.2, -0.15) is 11.8 Å². The molecule has 0 bridgehead atoms. The highest BCUT2D eigenvalue weighted by Crippen LogP contribution is 2.09. The SMILES string of the molecule is Cc1nccn1CCSCC(C)C(=O)O. The molecule has 0 fully saturated rings. The predicted molar refractivity (Wildman–Crippen MR) is 61.1 cm³/mol. The highest BCUT2D eigenvalue weighted by molar-refractivity contribution is 7.99. The van der Waals surface area contributed by atoms with Gasteiger partial charge < -0.3 is 9.67 Å². The molecule has 0 aliphatic rings. The van der Waals surface area contributed by atoms with Gasteiger partial charge in [0.15, 0.2) is 0 Å². The van der Waals surface area contributed by atoms with Crippen LogP contribution < -0.4 is 0 Å². The molecule has 4 nitrogen and oxygen atoms in total. The average molecular weight is 228 g/mol. The van der Waals surface area contributed by atoms with Gasteiger partial charge in [-0.05, 0) is 6.92 Å². The number of aliphatic carboxylic acids is 1. The number of hydrogen-bond acceptors (Lipinski definition) is 3. The molecule has 5 heteroatoms. The Hall–Kier alpha value is -0.970. The van der Waals surface area contributed by atoms with Gasteiger partial charge in [-0.3, -0.25) is 4.79 Å². The van der Waals surface area contributed by atoms with E-state index in [9.17, 15) is 4.79 Å². The average Bonchev–Trinajstić information content (AvgIpc) is 2.58. The molecule has 15 heavy (non-hydrogen) atoms. The zero-order valence-corrected chi connectivity index (χ0v) is 9.83. The largest absolute Gasteiger partial charge is 0.481 e. The molecule has 0 aliphatic carbocycles. The molecule has 1 heterocycles. The van der Waals surface area contributed by atoms with Crippen LogP contribution in [-0.2, 0) is 11.3 Å². The van der Waals surface area contributed by atoms with Crippen LogP contribution in [0.15, 0.2) is 12.4 Å². The molecular formula is C10H16N2O2S. The second-order valence-electron chi connectivity index (χ2n) is 3.48. The third kappa shape index (κ3) is 3.95. The van der Waals surface area contributed by atoms with Crippen molar-refractivity contribution in [2.75, 3.05) is 11.5 Å². The van der Waals surface area contributed by atoms with Crippen LogP contribution in [0.5, 0.6) is 0 Å². The van der Waals surface area contributed by atoms with Crippen LogP contribution in [-0.4, -0.2) is 32.1 Å². The van der Waals surface area contributed by atoms with Gasteiger partial charge in [-0.15, -0.1) is 0 Å². The first-order valence-corrected chi connectivity index (χ1v) is 6.05. The molecule has 0 spiro atoms. The third-order valence-corrected chi connectivity index (χ3v) is 3.40. The van der Waals surface area contributed by atoms with Gasteiger partial charge in [-0.1, -0.05) is 6.92 Å². The Morgan fingerprint density at radius 3 is 3.00 bits per heavy atom. The number of imidazole rings is 1. The quantitative estimate of drug-likeness (QED) is 0.752. The molecule has 0 aromatic carbocycles. The Labute approximate surface area is 93.7 Å². The van der Waals surface area contributed by atoms with Crippen molar-refractivity contribution in [2.45, 2.75) is 20.4 Å². The van der Waals surface area contributed by atoms with E-state index in [1.165, 1.54) is 0 Å². The van der Waals surface area contributed by atoms with E-state index >= 15 is 0 Å². The van der Waals surface area contributed by atoms with E-state index in [0.29, 0.717) is 5.75 Å². The van der Waals surface area contributed by atoms with Gasteiger partial charge in [0.1, 0.15) is 5.82 Å². The normalized spacial score (nSPS) is 12.7. The number of aryl methyl sites for hydroxylation is 2. The van der Waals surface area contributed by atoms with Gasteiger partial charge in [0.2, 0.25) is 0 Å². The van der Waals surface area contributed by atoms with Crippen LogP contribution in [0.25, 0.3) is 0 Å². The summed E-state index contributed by atoms with van der Waals surface area (Å²) in [6, 6.07) is 0. The zero-order chi connectivity index (χ0) is 11.3. The molecular weight excluding hydrogens is 212 g/mol. The lowest BCUT2D eigenvalue weighted by Gasteiger charge is -2.07. The number of thioether (sulfide) groups is 1. The lowest BCUT2D eigenvalue weighted by atomic mass is 10.2. The van der Waals surface area contributed by atoms with Crippen molar-refractivity contribution < 1.29 is 9.90 Å². The summed E-state index contributed by atoms with van der Waals surface area (Å²) in [5.41, 5.74) is 0. The summed E-state index contributed by atoms with van der Waals surface area (Å²) in [6.45, 7) is 4.59. The summed E-state index contributed by atoms with van der Waals surface area (Å²) in [5, 5.41) is 8.68. The van der Waals surface area contributed by atoms with Crippen LogP contribution in [0.3, 0.4) is 0 Å². The van der Waals surface area contributed by atoms with E-state index in [-0.39, 0.29) is 5.92 Å². The number of carbonyl (C=O) groups is 1. The van der Waals surface area contributed by atoms with Gasteiger partial charge in [0, 0.05) is 30.4 Å². The van der Waals surface area contributed by atoms with Crippen molar-refractivity contribution in [3.63, 3.8) is 0 Å². The first-order valence-electron chi connectivity index (χ1n) is 4.89. The van der Waals surface area contributed by atoms with E-state index in [1.807, 2.05) is 13.1 Å². The van der Waals surface area contributed by atoms with Crippen LogP contribution in [0.4, 0.5) is 0 Å². The maximum absolute atomic E-state index is 10.5. The topological polar surface area (TPSA) is 55.1 Å². The molecule has 1 unspecified atom stereocenters. The first-order chi connectivity index (χ1) is 7.11. The standard InChI is InChI=1S/C10H16N2O2S/c1-8(10(13)14)7-15-6-5-12-4-3-11-9(12)2/h3-4,8H,5-7H2,1-2H3,(H,13,14). The molecule has 0 saturated heterocycles. The summed E-state index contributed by atoms with van der Waals surface area (Å²) in [5.74, 6) is 1.61. The molecule has 1 atom stereocenters. The molecule has 0 amide bonds. The van der Waals surface area contributed by atoms with Gasteiger partial charge in [0.05, 0.1) is 5.92 Å². The predicted octanol–water partition coefficient (Wildman–Crippen LogP) is 1.65. The lowest BCUT2D eigenvalue weighted by molar-refractivity contribution is -0.140. The number of hydrogen-bond donors (Lipinski definition) is 1. The van der Waals surface area contributed by atoms with Crippen molar-refractivity contribution in [1.29, 1.82) is 0 Å². The number of carboxylic acids is 1. The van der Waals surface area contributed by atoms with Crippen LogP contribution in [0.1, 0.15) is 12.7 Å². The summed E-state index contributed by atoms with van der Waals surface area (Å²) in [4.78, 5) is 14.7. The fourth-order valence-electron chi connectivity index (χ4n) is 1.13. The fraction of sp³-hybridized carbons (Fsp3) is 0.600. The molecule has 0 radical (unpaired) electrons.